The molecule has 0 radical (unpaired) electrons. The van der Waals surface area contributed by atoms with Gasteiger partial charge in [0.15, 0.2) is 0 Å². The predicted octanol–water partition coefficient (Wildman–Crippen LogP) is 0.615. The highest BCUT2D eigenvalue weighted by Crippen LogP contribution is 2.19. The second-order valence-electron chi connectivity index (χ2n) is 4.51. The summed E-state index contributed by atoms with van der Waals surface area (Å²) in [5.41, 5.74) is 0. The lowest BCUT2D eigenvalue weighted by Crippen LogP contribution is -2.38. The topological polar surface area (TPSA) is 63.4 Å². The van der Waals surface area contributed by atoms with E-state index in [-0.39, 0.29) is 6.10 Å². The lowest BCUT2D eigenvalue weighted by molar-refractivity contribution is -0.0334. The zero-order valence-corrected chi connectivity index (χ0v) is 11.2. The Hall–Kier alpha value is -0.980. The second-order valence-corrected chi connectivity index (χ2v) is 4.51. The van der Waals surface area contributed by atoms with Gasteiger partial charge < -0.3 is 14.6 Å². The van der Waals surface area contributed by atoms with Gasteiger partial charge in [0.05, 0.1) is 6.61 Å². The Morgan fingerprint density at radius 2 is 2.39 bits per heavy atom. The highest BCUT2D eigenvalue weighted by molar-refractivity contribution is 4.94. The van der Waals surface area contributed by atoms with E-state index in [4.69, 9.17) is 9.26 Å². The maximum Gasteiger partial charge on any atom is 0.226 e. The number of nitrogens with one attached hydrogen (secondary N) is 1. The first-order chi connectivity index (χ1) is 8.83. The van der Waals surface area contributed by atoms with Crippen LogP contribution in [0.5, 0.6) is 0 Å². The monoisotopic (exact) mass is 254 g/mol. The molecule has 1 aromatic heterocycles. The van der Waals surface area contributed by atoms with E-state index in [9.17, 15) is 0 Å². The molecule has 1 saturated heterocycles. The average molecular weight is 254 g/mol. The number of hydrogen-bond donors (Lipinski definition) is 1. The van der Waals surface area contributed by atoms with Crippen molar-refractivity contribution in [3.63, 3.8) is 0 Å². The fourth-order valence-electron chi connectivity index (χ4n) is 2.06. The number of hydrogen-bond acceptors (Lipinski definition) is 6. The van der Waals surface area contributed by atoms with Crippen molar-refractivity contribution in [2.45, 2.75) is 25.9 Å². The number of aromatic nitrogens is 2. The molecular formula is C12H22N4O2. The van der Waals surface area contributed by atoms with Gasteiger partial charge in [-0.05, 0) is 26.6 Å². The van der Waals surface area contributed by atoms with Crippen LogP contribution >= 0.6 is 0 Å². The zero-order chi connectivity index (χ0) is 12.8. The van der Waals surface area contributed by atoms with Gasteiger partial charge in [0.1, 0.15) is 6.10 Å². The third-order valence-corrected chi connectivity index (χ3v) is 3.19. The van der Waals surface area contributed by atoms with Crippen LogP contribution in [-0.4, -0.2) is 54.9 Å². The molecule has 1 N–H and O–H groups in total. The smallest absolute Gasteiger partial charge is 0.226 e. The van der Waals surface area contributed by atoms with Crippen molar-refractivity contribution in [3.05, 3.63) is 11.7 Å². The van der Waals surface area contributed by atoms with Gasteiger partial charge in [-0.3, -0.25) is 4.90 Å². The van der Waals surface area contributed by atoms with Crippen LogP contribution in [0.15, 0.2) is 4.52 Å². The Morgan fingerprint density at radius 1 is 1.50 bits per heavy atom. The number of rotatable bonds is 6. The predicted molar refractivity (Wildman–Crippen MR) is 67.4 cm³/mol. The maximum atomic E-state index is 5.70. The molecule has 6 heteroatoms. The summed E-state index contributed by atoms with van der Waals surface area (Å²) in [6.45, 7) is 6.73. The van der Waals surface area contributed by atoms with Crippen molar-refractivity contribution in [2.24, 2.45) is 0 Å². The van der Waals surface area contributed by atoms with E-state index in [0.717, 1.165) is 45.6 Å². The number of likely N-dealkylation sites (N-methyl/N-ethyl adjacent to an activating group) is 1. The molecule has 18 heavy (non-hydrogen) atoms. The molecule has 0 bridgehead atoms. The van der Waals surface area contributed by atoms with Crippen LogP contribution in [0.25, 0.3) is 0 Å². The maximum absolute atomic E-state index is 5.70. The Morgan fingerprint density at radius 3 is 3.17 bits per heavy atom. The summed E-state index contributed by atoms with van der Waals surface area (Å²) in [7, 11) is 1.94. The fourth-order valence-corrected chi connectivity index (χ4v) is 2.06. The Kier molecular flexibility index (Phi) is 5.10. The van der Waals surface area contributed by atoms with Crippen LogP contribution in [0, 0.1) is 0 Å². The summed E-state index contributed by atoms with van der Waals surface area (Å²) in [6.07, 6.45) is 1.78. The standard InChI is InChI=1S/C12H22N4O2/c1-3-16-7-8-17-10(9-16)12-14-11(18-15-12)5-4-6-13-2/h10,13H,3-9H2,1-2H3. The van der Waals surface area contributed by atoms with E-state index in [2.05, 4.69) is 27.3 Å². The van der Waals surface area contributed by atoms with Crippen LogP contribution < -0.4 is 5.32 Å². The van der Waals surface area contributed by atoms with Crippen LogP contribution in [0.1, 0.15) is 31.2 Å². The van der Waals surface area contributed by atoms with Gasteiger partial charge in [0.2, 0.25) is 11.7 Å². The van der Waals surface area contributed by atoms with Crippen LogP contribution in [0.4, 0.5) is 0 Å². The molecule has 6 nitrogen and oxygen atoms in total. The number of ether oxygens (including phenoxy) is 1. The van der Waals surface area contributed by atoms with Gasteiger partial charge in [-0.25, -0.2) is 0 Å². The fraction of sp³-hybridized carbons (Fsp3) is 0.833. The van der Waals surface area contributed by atoms with Crippen LogP contribution in [0.3, 0.4) is 0 Å². The van der Waals surface area contributed by atoms with Gasteiger partial charge in [-0.2, -0.15) is 4.98 Å². The molecule has 0 aromatic carbocycles. The molecule has 0 saturated carbocycles. The molecular weight excluding hydrogens is 232 g/mol. The lowest BCUT2D eigenvalue weighted by atomic mass is 10.2. The zero-order valence-electron chi connectivity index (χ0n) is 11.2. The van der Waals surface area contributed by atoms with Gasteiger partial charge in [0.25, 0.3) is 0 Å². The SMILES string of the molecule is CCN1CCOC(c2noc(CCCNC)n2)C1. The van der Waals surface area contributed by atoms with E-state index >= 15 is 0 Å². The van der Waals surface area contributed by atoms with Crippen molar-refractivity contribution < 1.29 is 9.26 Å². The lowest BCUT2D eigenvalue weighted by Gasteiger charge is -2.30. The second kappa shape index (κ2) is 6.82. The molecule has 0 aliphatic carbocycles. The summed E-state index contributed by atoms with van der Waals surface area (Å²) in [5, 5.41) is 7.13. The largest absolute Gasteiger partial charge is 0.367 e. The highest BCUT2D eigenvalue weighted by atomic mass is 16.5. The van der Waals surface area contributed by atoms with Gasteiger partial charge in [-0.1, -0.05) is 12.1 Å². The molecule has 1 atom stereocenters. The van der Waals surface area contributed by atoms with Crippen molar-refractivity contribution in [1.29, 1.82) is 0 Å². The molecule has 102 valence electrons. The molecule has 1 aromatic rings. The summed E-state index contributed by atoms with van der Waals surface area (Å²) in [5.74, 6) is 1.39. The Balaban J connectivity index is 1.88. The minimum absolute atomic E-state index is 0.0412. The molecule has 1 aliphatic rings. The Bertz CT molecular complexity index is 356. The van der Waals surface area contributed by atoms with Gasteiger partial charge in [0, 0.05) is 19.5 Å². The first-order valence-electron chi connectivity index (χ1n) is 6.64. The normalized spacial score (nSPS) is 21.3. The molecule has 1 aliphatic heterocycles. The van der Waals surface area contributed by atoms with E-state index in [1.807, 2.05) is 7.05 Å². The summed E-state index contributed by atoms with van der Waals surface area (Å²) in [4.78, 5) is 6.76. The molecule has 2 heterocycles. The number of morpholine rings is 1. The van der Waals surface area contributed by atoms with Crippen molar-refractivity contribution in [2.75, 3.05) is 39.8 Å². The minimum Gasteiger partial charge on any atom is -0.367 e. The Labute approximate surface area is 108 Å². The van der Waals surface area contributed by atoms with E-state index in [1.165, 1.54) is 0 Å². The minimum atomic E-state index is -0.0412. The molecule has 2 rings (SSSR count). The molecule has 0 amide bonds. The first-order valence-corrected chi connectivity index (χ1v) is 6.64. The third kappa shape index (κ3) is 3.51. The number of aryl methyl sites for hydroxylation is 1. The van der Waals surface area contributed by atoms with Gasteiger partial charge in [-0.15, -0.1) is 0 Å². The van der Waals surface area contributed by atoms with E-state index in [0.29, 0.717) is 11.7 Å². The van der Waals surface area contributed by atoms with Crippen molar-refractivity contribution in [1.82, 2.24) is 20.4 Å². The van der Waals surface area contributed by atoms with Crippen LogP contribution in [0.2, 0.25) is 0 Å². The summed E-state index contributed by atoms with van der Waals surface area (Å²) >= 11 is 0. The van der Waals surface area contributed by atoms with Crippen LogP contribution in [-0.2, 0) is 11.2 Å². The molecule has 1 unspecified atom stereocenters. The van der Waals surface area contributed by atoms with Crippen molar-refractivity contribution >= 4 is 0 Å². The summed E-state index contributed by atoms with van der Waals surface area (Å²) in [6, 6.07) is 0. The third-order valence-electron chi connectivity index (χ3n) is 3.19. The van der Waals surface area contributed by atoms with E-state index in [1.54, 1.807) is 0 Å². The quantitative estimate of drug-likeness (QED) is 0.751. The van der Waals surface area contributed by atoms with Crippen molar-refractivity contribution in [3.8, 4) is 0 Å². The van der Waals surface area contributed by atoms with Gasteiger partial charge >= 0.3 is 0 Å². The average Bonchev–Trinajstić information content (AvgIpc) is 2.88. The molecule has 0 spiro atoms. The van der Waals surface area contributed by atoms with E-state index < -0.39 is 0 Å². The number of nitrogens with zero attached hydrogens (tertiary/aromatic N) is 3. The first kappa shape index (κ1) is 13.5. The highest BCUT2D eigenvalue weighted by Gasteiger charge is 2.25. The molecule has 1 fully saturated rings. The summed E-state index contributed by atoms with van der Waals surface area (Å²) < 4.78 is 10.9.